The van der Waals surface area contributed by atoms with Gasteiger partial charge in [0.15, 0.2) is 0 Å². The Hall–Kier alpha value is -1.64. The number of cyclic esters (lactones) is 1. The van der Waals surface area contributed by atoms with Gasteiger partial charge in [0.25, 0.3) is 10.1 Å². The Bertz CT molecular complexity index is 747. The first kappa shape index (κ1) is 21.1. The van der Waals surface area contributed by atoms with Gasteiger partial charge in [-0.25, -0.2) is 4.79 Å². The molecule has 8 heteroatoms. The Morgan fingerprint density at radius 3 is 2.50 bits per heavy atom. The zero-order valence-corrected chi connectivity index (χ0v) is 17.4. The van der Waals surface area contributed by atoms with Gasteiger partial charge in [-0.3, -0.25) is 9.08 Å². The summed E-state index contributed by atoms with van der Waals surface area (Å²) in [7, 11) is -3.54. The second-order valence-corrected chi connectivity index (χ2v) is 9.37. The molecule has 0 spiro atoms. The van der Waals surface area contributed by atoms with Crippen LogP contribution in [0.4, 0.5) is 4.79 Å². The molecule has 1 amide bonds. The van der Waals surface area contributed by atoms with E-state index in [-0.39, 0.29) is 18.7 Å². The van der Waals surface area contributed by atoms with Crippen molar-refractivity contribution in [3.05, 3.63) is 35.9 Å². The van der Waals surface area contributed by atoms with E-state index in [1.54, 1.807) is 4.90 Å². The summed E-state index contributed by atoms with van der Waals surface area (Å²) in [6.45, 7) is 5.35. The molecule has 0 radical (unpaired) electrons. The minimum Gasteiger partial charge on any atom is -0.442 e. The highest BCUT2D eigenvalue weighted by molar-refractivity contribution is 7.85. The molecule has 2 heterocycles. The molecule has 2 aliphatic heterocycles. The number of nitrogens with zero attached hydrogens (tertiary/aromatic N) is 2. The average Bonchev–Trinajstić information content (AvgIpc) is 3.03. The lowest BCUT2D eigenvalue weighted by Crippen LogP contribution is -2.46. The number of ether oxygens (including phenoxy) is 1. The van der Waals surface area contributed by atoms with Crippen LogP contribution in [0.15, 0.2) is 30.3 Å². The highest BCUT2D eigenvalue weighted by Gasteiger charge is 2.39. The number of likely N-dealkylation sites (tertiary alicyclic amines) is 1. The summed E-state index contributed by atoms with van der Waals surface area (Å²) in [5.74, 6) is 0.430. The number of piperidine rings is 1. The summed E-state index contributed by atoms with van der Waals surface area (Å²) >= 11 is 0. The van der Waals surface area contributed by atoms with Crippen LogP contribution in [0.3, 0.4) is 0 Å². The van der Waals surface area contributed by atoms with Crippen LogP contribution in [0.5, 0.6) is 0 Å². The van der Waals surface area contributed by atoms with Gasteiger partial charge in [0, 0.05) is 12.6 Å². The third-order valence-electron chi connectivity index (χ3n) is 5.61. The molecule has 2 aliphatic rings. The number of carbonyl (C=O) groups is 1. The Morgan fingerprint density at radius 2 is 1.89 bits per heavy atom. The lowest BCUT2D eigenvalue weighted by atomic mass is 9.87. The lowest BCUT2D eigenvalue weighted by Gasteiger charge is -2.38. The number of rotatable bonds is 8. The molecule has 0 bridgehead atoms. The fourth-order valence-electron chi connectivity index (χ4n) is 4.24. The topological polar surface area (TPSA) is 76.2 Å². The molecule has 156 valence electrons. The molecule has 1 aromatic carbocycles. The van der Waals surface area contributed by atoms with Crippen molar-refractivity contribution in [2.45, 2.75) is 44.9 Å². The lowest BCUT2D eigenvalue weighted by molar-refractivity contribution is 0.0911. The van der Waals surface area contributed by atoms with Crippen molar-refractivity contribution in [2.24, 2.45) is 5.92 Å². The van der Waals surface area contributed by atoms with Crippen LogP contribution in [0.25, 0.3) is 0 Å². The van der Waals surface area contributed by atoms with Crippen molar-refractivity contribution in [1.82, 2.24) is 9.80 Å². The van der Waals surface area contributed by atoms with E-state index in [0.717, 1.165) is 45.2 Å². The molecule has 7 nitrogen and oxygen atoms in total. The molecule has 28 heavy (non-hydrogen) atoms. The van der Waals surface area contributed by atoms with Crippen molar-refractivity contribution in [2.75, 3.05) is 32.5 Å². The van der Waals surface area contributed by atoms with Crippen LogP contribution in [0.1, 0.15) is 31.7 Å². The normalized spacial score (nSPS) is 23.0. The third-order valence-corrected chi connectivity index (χ3v) is 6.18. The molecule has 0 N–H and O–H groups in total. The van der Waals surface area contributed by atoms with Gasteiger partial charge in [0.2, 0.25) is 0 Å². The van der Waals surface area contributed by atoms with Gasteiger partial charge >= 0.3 is 6.09 Å². The van der Waals surface area contributed by atoms with Crippen LogP contribution in [0, 0.1) is 5.92 Å². The second-order valence-electron chi connectivity index (χ2n) is 7.72. The predicted octanol–water partition coefficient (Wildman–Crippen LogP) is 2.47. The monoisotopic (exact) mass is 410 g/mol. The zero-order valence-electron chi connectivity index (χ0n) is 16.6. The van der Waals surface area contributed by atoms with E-state index in [2.05, 4.69) is 36.1 Å². The third kappa shape index (κ3) is 5.68. The fourth-order valence-corrected chi connectivity index (χ4v) is 4.64. The SMILES string of the molecule is CCC(C1CCN(Cc2ccccc2)CC1)N1CC(COS(C)(=O)=O)OC1=O. The maximum absolute atomic E-state index is 12.3. The second kappa shape index (κ2) is 9.24. The van der Waals surface area contributed by atoms with Crippen molar-refractivity contribution in [1.29, 1.82) is 0 Å². The van der Waals surface area contributed by atoms with E-state index in [9.17, 15) is 13.2 Å². The van der Waals surface area contributed by atoms with Crippen LogP contribution in [-0.2, 0) is 25.6 Å². The first-order valence-corrected chi connectivity index (χ1v) is 11.8. The summed E-state index contributed by atoms with van der Waals surface area (Å²) < 4.78 is 32.5. The first-order chi connectivity index (χ1) is 13.4. The van der Waals surface area contributed by atoms with Crippen LogP contribution in [-0.4, -0.2) is 69.0 Å². The zero-order chi connectivity index (χ0) is 20.1. The van der Waals surface area contributed by atoms with Crippen molar-refractivity contribution in [3.8, 4) is 0 Å². The Morgan fingerprint density at radius 1 is 1.21 bits per heavy atom. The summed E-state index contributed by atoms with van der Waals surface area (Å²) in [6.07, 6.45) is 3.05. The largest absolute Gasteiger partial charge is 0.442 e. The number of carbonyl (C=O) groups excluding carboxylic acids is 1. The van der Waals surface area contributed by atoms with Gasteiger partial charge < -0.3 is 9.64 Å². The van der Waals surface area contributed by atoms with Gasteiger partial charge in [-0.2, -0.15) is 8.42 Å². The van der Waals surface area contributed by atoms with E-state index in [1.165, 1.54) is 5.56 Å². The van der Waals surface area contributed by atoms with Crippen molar-refractivity contribution >= 4 is 16.2 Å². The highest BCUT2D eigenvalue weighted by atomic mass is 32.2. The standard InChI is InChI=1S/C20H30N2O5S/c1-3-19(22-14-18(27-20(22)23)15-26-28(2,24)25)17-9-11-21(12-10-17)13-16-7-5-4-6-8-16/h4-8,17-19H,3,9-15H2,1-2H3. The molecule has 0 aliphatic carbocycles. The van der Waals surface area contributed by atoms with E-state index >= 15 is 0 Å². The van der Waals surface area contributed by atoms with Gasteiger partial charge in [-0.15, -0.1) is 0 Å². The molecule has 0 saturated carbocycles. The van der Waals surface area contributed by atoms with E-state index in [1.807, 2.05) is 6.07 Å². The maximum Gasteiger partial charge on any atom is 0.410 e. The molecule has 0 aromatic heterocycles. The summed E-state index contributed by atoms with van der Waals surface area (Å²) in [6, 6.07) is 10.6. The van der Waals surface area contributed by atoms with Gasteiger partial charge in [0.05, 0.1) is 12.8 Å². The minimum absolute atomic E-state index is 0.118. The Balaban J connectivity index is 1.52. The fraction of sp³-hybridized carbons (Fsp3) is 0.650. The molecule has 2 fully saturated rings. The average molecular weight is 411 g/mol. The molecule has 2 atom stereocenters. The van der Waals surface area contributed by atoms with Gasteiger partial charge in [0.1, 0.15) is 12.7 Å². The van der Waals surface area contributed by atoms with Crippen molar-refractivity contribution in [3.63, 3.8) is 0 Å². The molecular formula is C20H30N2O5S. The quantitative estimate of drug-likeness (QED) is 0.613. The minimum atomic E-state index is -3.54. The summed E-state index contributed by atoms with van der Waals surface area (Å²) in [5, 5.41) is 0. The van der Waals surface area contributed by atoms with E-state index in [0.29, 0.717) is 12.5 Å². The Labute approximate surface area is 167 Å². The molecule has 3 rings (SSSR count). The first-order valence-electron chi connectivity index (χ1n) is 9.93. The number of hydrogen-bond acceptors (Lipinski definition) is 6. The molecule has 2 saturated heterocycles. The number of hydrogen-bond donors (Lipinski definition) is 0. The predicted molar refractivity (Wildman–Crippen MR) is 106 cm³/mol. The summed E-state index contributed by atoms with van der Waals surface area (Å²) in [5.41, 5.74) is 1.32. The van der Waals surface area contributed by atoms with Crippen molar-refractivity contribution < 1.29 is 22.1 Å². The van der Waals surface area contributed by atoms with E-state index in [4.69, 9.17) is 8.92 Å². The van der Waals surface area contributed by atoms with E-state index < -0.39 is 16.2 Å². The van der Waals surface area contributed by atoms with Crippen LogP contribution >= 0.6 is 0 Å². The smallest absolute Gasteiger partial charge is 0.410 e. The number of benzene rings is 1. The maximum atomic E-state index is 12.3. The van der Waals surface area contributed by atoms with Gasteiger partial charge in [-0.05, 0) is 43.8 Å². The van der Waals surface area contributed by atoms with Gasteiger partial charge in [-0.1, -0.05) is 37.3 Å². The molecule has 1 aromatic rings. The summed E-state index contributed by atoms with van der Waals surface area (Å²) in [4.78, 5) is 16.6. The molecular weight excluding hydrogens is 380 g/mol. The number of amides is 1. The molecule has 2 unspecified atom stereocenters. The Kier molecular flexibility index (Phi) is 6.95. The van der Waals surface area contributed by atoms with Crippen LogP contribution < -0.4 is 0 Å². The van der Waals surface area contributed by atoms with Crippen LogP contribution in [0.2, 0.25) is 0 Å². The highest BCUT2D eigenvalue weighted by Crippen LogP contribution is 2.30.